The normalized spacial score (nSPS) is 39.0. The number of halogens is 1. The van der Waals surface area contributed by atoms with Crippen molar-refractivity contribution in [1.82, 2.24) is 5.32 Å². The molecule has 0 amide bonds. The highest BCUT2D eigenvalue weighted by molar-refractivity contribution is 8.00. The summed E-state index contributed by atoms with van der Waals surface area (Å²) in [5.41, 5.74) is 0.0729. The van der Waals surface area contributed by atoms with Crippen molar-refractivity contribution in [3.05, 3.63) is 0 Å². The number of rotatable bonds is 2. The minimum atomic E-state index is -0.0779. The fraction of sp³-hybridized carbons (Fsp3) is 1.00. The molecule has 2 unspecified atom stereocenters. The van der Waals surface area contributed by atoms with E-state index in [1.165, 1.54) is 18.6 Å². The summed E-state index contributed by atoms with van der Waals surface area (Å²) in [6.07, 6.45) is 3.90. The van der Waals surface area contributed by atoms with E-state index in [4.69, 9.17) is 4.74 Å². The maximum atomic E-state index is 5.89. The van der Waals surface area contributed by atoms with Gasteiger partial charge in [0.15, 0.2) is 0 Å². The summed E-state index contributed by atoms with van der Waals surface area (Å²) in [4.78, 5) is 0. The van der Waals surface area contributed by atoms with Gasteiger partial charge < -0.3 is 4.74 Å². The highest BCUT2D eigenvalue weighted by atomic mass is 35.5. The summed E-state index contributed by atoms with van der Waals surface area (Å²) in [5.74, 6) is 1.34. The molecule has 0 aromatic rings. The third-order valence-corrected chi connectivity index (χ3v) is 4.39. The molecule has 2 aliphatic heterocycles. The van der Waals surface area contributed by atoms with Gasteiger partial charge in [-0.05, 0) is 39.4 Å². The topological polar surface area (TPSA) is 21.3 Å². The molecule has 90 valence electrons. The lowest BCUT2D eigenvalue weighted by Gasteiger charge is -2.28. The van der Waals surface area contributed by atoms with Crippen molar-refractivity contribution in [3.8, 4) is 0 Å². The van der Waals surface area contributed by atoms with Crippen molar-refractivity contribution < 1.29 is 4.74 Å². The maximum Gasteiger partial charge on any atom is 0.118 e. The third-order valence-electron chi connectivity index (χ3n) is 3.00. The zero-order valence-electron chi connectivity index (χ0n) is 9.84. The Kier molecular flexibility index (Phi) is 4.38. The Labute approximate surface area is 103 Å². The average molecular weight is 252 g/mol. The van der Waals surface area contributed by atoms with Gasteiger partial charge in [-0.25, -0.2) is 0 Å². The van der Waals surface area contributed by atoms with Crippen LogP contribution in [-0.2, 0) is 4.74 Å². The number of ether oxygens (including phenoxy) is 1. The molecule has 1 N–H and O–H groups in total. The van der Waals surface area contributed by atoms with Crippen LogP contribution in [0.5, 0.6) is 0 Å². The van der Waals surface area contributed by atoms with Crippen molar-refractivity contribution in [2.75, 3.05) is 12.4 Å². The highest BCUT2D eigenvalue weighted by Crippen LogP contribution is 2.35. The molecule has 2 rings (SSSR count). The lowest BCUT2D eigenvalue weighted by molar-refractivity contribution is -0.000986. The van der Waals surface area contributed by atoms with Crippen LogP contribution in [0.2, 0.25) is 0 Å². The molecule has 2 aliphatic rings. The van der Waals surface area contributed by atoms with E-state index in [9.17, 15) is 0 Å². The van der Waals surface area contributed by atoms with Crippen LogP contribution in [0.1, 0.15) is 40.0 Å². The fourth-order valence-electron chi connectivity index (χ4n) is 2.48. The second-order valence-corrected chi connectivity index (χ2v) is 6.78. The Morgan fingerprint density at radius 2 is 2.13 bits per heavy atom. The van der Waals surface area contributed by atoms with Gasteiger partial charge in [0, 0.05) is 17.2 Å². The van der Waals surface area contributed by atoms with Crippen LogP contribution in [0.4, 0.5) is 0 Å². The summed E-state index contributed by atoms with van der Waals surface area (Å²) in [6.45, 7) is 7.45. The quantitative estimate of drug-likeness (QED) is 0.816. The Balaban J connectivity index is 0.00000112. The van der Waals surface area contributed by atoms with Crippen molar-refractivity contribution >= 4 is 24.2 Å². The van der Waals surface area contributed by atoms with Crippen molar-refractivity contribution in [2.24, 2.45) is 0 Å². The molecule has 0 aromatic heterocycles. The SMILES string of the molecule is CC1(C)COC(C)(CC2CCCS2)N1.Cl. The van der Waals surface area contributed by atoms with Crippen molar-refractivity contribution in [1.29, 1.82) is 0 Å². The van der Waals surface area contributed by atoms with Crippen LogP contribution < -0.4 is 5.32 Å². The summed E-state index contributed by atoms with van der Waals surface area (Å²) in [7, 11) is 0. The van der Waals surface area contributed by atoms with Crippen LogP contribution >= 0.6 is 24.2 Å². The largest absolute Gasteiger partial charge is 0.359 e. The average Bonchev–Trinajstić information content (AvgIpc) is 2.60. The summed E-state index contributed by atoms with van der Waals surface area (Å²) < 4.78 is 5.89. The molecule has 0 saturated carbocycles. The van der Waals surface area contributed by atoms with Crippen LogP contribution in [-0.4, -0.2) is 28.9 Å². The van der Waals surface area contributed by atoms with Gasteiger partial charge in [-0.2, -0.15) is 11.8 Å². The smallest absolute Gasteiger partial charge is 0.118 e. The first-order chi connectivity index (χ1) is 6.49. The molecule has 2 heterocycles. The molecule has 2 nitrogen and oxygen atoms in total. The van der Waals surface area contributed by atoms with E-state index in [1.54, 1.807) is 0 Å². The monoisotopic (exact) mass is 251 g/mol. The van der Waals surface area contributed by atoms with Gasteiger partial charge in [-0.1, -0.05) is 0 Å². The van der Waals surface area contributed by atoms with Crippen molar-refractivity contribution in [2.45, 2.75) is 56.5 Å². The lowest BCUT2D eigenvalue weighted by atomic mass is 10.0. The molecule has 2 saturated heterocycles. The Hall–Kier alpha value is 0.560. The van der Waals surface area contributed by atoms with E-state index < -0.39 is 0 Å². The molecule has 0 aliphatic carbocycles. The molecule has 2 fully saturated rings. The van der Waals surface area contributed by atoms with Gasteiger partial charge in [0.2, 0.25) is 0 Å². The highest BCUT2D eigenvalue weighted by Gasteiger charge is 2.41. The van der Waals surface area contributed by atoms with Crippen LogP contribution in [0, 0.1) is 0 Å². The number of nitrogens with one attached hydrogen (secondary N) is 1. The van der Waals surface area contributed by atoms with E-state index in [-0.39, 0.29) is 23.7 Å². The molecule has 2 atom stereocenters. The van der Waals surface area contributed by atoms with Crippen LogP contribution in [0.25, 0.3) is 0 Å². The number of thioether (sulfide) groups is 1. The first kappa shape index (κ1) is 13.6. The first-order valence-electron chi connectivity index (χ1n) is 5.54. The molecule has 0 bridgehead atoms. The molecule has 0 spiro atoms. The summed E-state index contributed by atoms with van der Waals surface area (Å²) >= 11 is 2.11. The van der Waals surface area contributed by atoms with Gasteiger partial charge in [0.1, 0.15) is 5.72 Å². The fourth-order valence-corrected chi connectivity index (χ4v) is 3.91. The number of hydrogen-bond acceptors (Lipinski definition) is 3. The predicted octanol–water partition coefficient (Wildman–Crippen LogP) is 2.81. The minimum Gasteiger partial charge on any atom is -0.359 e. The second-order valence-electron chi connectivity index (χ2n) is 5.37. The standard InChI is InChI=1S/C11H21NOS.ClH/c1-10(2)8-13-11(3,12-10)7-9-5-4-6-14-9;/h9,12H,4-8H2,1-3H3;1H. The van der Waals surface area contributed by atoms with E-state index >= 15 is 0 Å². The summed E-state index contributed by atoms with van der Waals surface area (Å²) in [6, 6.07) is 0. The maximum absolute atomic E-state index is 5.89. The minimum absolute atomic E-state index is 0. The zero-order chi connectivity index (χ0) is 10.2. The predicted molar refractivity (Wildman–Crippen MR) is 68.9 cm³/mol. The molecular formula is C11H22ClNOS. The zero-order valence-corrected chi connectivity index (χ0v) is 11.5. The molecular weight excluding hydrogens is 230 g/mol. The summed E-state index contributed by atoms with van der Waals surface area (Å²) in [5, 5.41) is 4.40. The van der Waals surface area contributed by atoms with Crippen molar-refractivity contribution in [3.63, 3.8) is 0 Å². The van der Waals surface area contributed by atoms with Gasteiger partial charge in [0.25, 0.3) is 0 Å². The van der Waals surface area contributed by atoms with Gasteiger partial charge in [0.05, 0.1) is 6.61 Å². The van der Waals surface area contributed by atoms with Crippen LogP contribution in [0.15, 0.2) is 0 Å². The van der Waals surface area contributed by atoms with Gasteiger partial charge in [-0.3, -0.25) is 5.32 Å². The Morgan fingerprint density at radius 3 is 2.60 bits per heavy atom. The molecule has 0 aromatic carbocycles. The van der Waals surface area contributed by atoms with E-state index in [1.807, 2.05) is 0 Å². The lowest BCUT2D eigenvalue weighted by Crippen LogP contribution is -2.47. The number of hydrogen-bond donors (Lipinski definition) is 1. The van der Waals surface area contributed by atoms with E-state index in [0.29, 0.717) is 0 Å². The van der Waals surface area contributed by atoms with Crippen LogP contribution in [0.3, 0.4) is 0 Å². The van der Waals surface area contributed by atoms with Gasteiger partial charge in [-0.15, -0.1) is 12.4 Å². The Morgan fingerprint density at radius 1 is 1.40 bits per heavy atom. The van der Waals surface area contributed by atoms with E-state index in [2.05, 4.69) is 37.8 Å². The first-order valence-corrected chi connectivity index (χ1v) is 6.59. The third kappa shape index (κ3) is 3.52. The Bertz CT molecular complexity index is 219. The second kappa shape index (κ2) is 4.82. The van der Waals surface area contributed by atoms with Gasteiger partial charge >= 0.3 is 0 Å². The molecule has 15 heavy (non-hydrogen) atoms. The molecule has 0 radical (unpaired) electrons. The van der Waals surface area contributed by atoms with E-state index in [0.717, 1.165) is 18.3 Å². The molecule has 4 heteroatoms.